The van der Waals surface area contributed by atoms with Crippen LogP contribution in [-0.4, -0.2) is 42.1 Å². The largest absolute Gasteiger partial charge is 0.370 e. The molecule has 0 spiro atoms. The molecule has 0 bridgehead atoms. The summed E-state index contributed by atoms with van der Waals surface area (Å²) in [5, 5.41) is 3.74. The molecule has 1 atom stereocenters. The van der Waals surface area contributed by atoms with Gasteiger partial charge in [0.15, 0.2) is 0 Å². The van der Waals surface area contributed by atoms with Crippen LogP contribution in [0.25, 0.3) is 0 Å². The summed E-state index contributed by atoms with van der Waals surface area (Å²) in [6.45, 7) is 3.61. The number of carbonyl (C=O) groups excluding carboxylic acids is 1. The van der Waals surface area contributed by atoms with Crippen LogP contribution in [0.1, 0.15) is 32.1 Å². The molecule has 2 fully saturated rings. The van der Waals surface area contributed by atoms with Gasteiger partial charge in [0, 0.05) is 44.3 Å². The molecule has 1 aromatic carbocycles. The summed E-state index contributed by atoms with van der Waals surface area (Å²) in [5.74, 6) is 0.634. The Morgan fingerprint density at radius 2 is 1.79 bits per heavy atom. The smallest absolute Gasteiger partial charge is 0.229 e. The van der Waals surface area contributed by atoms with Crippen LogP contribution in [0.4, 0.5) is 17.3 Å². The predicted octanol–water partition coefficient (Wildman–Crippen LogP) is 3.98. The Hall–Kier alpha value is -2.34. The van der Waals surface area contributed by atoms with Crippen molar-refractivity contribution in [2.24, 2.45) is 5.92 Å². The second kappa shape index (κ2) is 8.78. The summed E-state index contributed by atoms with van der Waals surface area (Å²) in [4.78, 5) is 25.8. The zero-order valence-electron chi connectivity index (χ0n) is 16.0. The molecule has 2 aromatic rings. The first kappa shape index (κ1) is 19.0. The van der Waals surface area contributed by atoms with Gasteiger partial charge in [-0.2, -0.15) is 0 Å². The lowest BCUT2D eigenvalue weighted by Crippen LogP contribution is -2.41. The monoisotopic (exact) mass is 399 g/mol. The van der Waals surface area contributed by atoms with E-state index in [-0.39, 0.29) is 11.8 Å². The summed E-state index contributed by atoms with van der Waals surface area (Å²) in [6, 6.07) is 7.64. The molecule has 0 saturated carbocycles. The molecular weight excluding hydrogens is 374 g/mol. The summed E-state index contributed by atoms with van der Waals surface area (Å²) >= 11 is 6.52. The van der Waals surface area contributed by atoms with Gasteiger partial charge in [-0.15, -0.1) is 0 Å². The third kappa shape index (κ3) is 4.38. The molecule has 148 valence electrons. The van der Waals surface area contributed by atoms with E-state index in [2.05, 4.69) is 25.1 Å². The van der Waals surface area contributed by atoms with Crippen molar-refractivity contribution >= 4 is 34.8 Å². The van der Waals surface area contributed by atoms with Crippen molar-refractivity contribution in [2.45, 2.75) is 32.1 Å². The molecule has 0 aliphatic carbocycles. The van der Waals surface area contributed by atoms with Gasteiger partial charge >= 0.3 is 0 Å². The molecule has 2 aliphatic heterocycles. The zero-order chi connectivity index (χ0) is 19.3. The van der Waals surface area contributed by atoms with Gasteiger partial charge in [0.05, 0.1) is 16.6 Å². The lowest BCUT2D eigenvalue weighted by atomic mass is 9.97. The Morgan fingerprint density at radius 3 is 2.54 bits per heavy atom. The topological polar surface area (TPSA) is 61.4 Å². The van der Waals surface area contributed by atoms with Crippen molar-refractivity contribution in [2.75, 3.05) is 41.3 Å². The van der Waals surface area contributed by atoms with Gasteiger partial charge in [0.1, 0.15) is 0 Å². The molecular formula is C21H26ClN5O. The average molecular weight is 400 g/mol. The van der Waals surface area contributed by atoms with E-state index in [1.54, 1.807) is 18.5 Å². The molecule has 0 radical (unpaired) electrons. The quantitative estimate of drug-likeness (QED) is 0.842. The van der Waals surface area contributed by atoms with Gasteiger partial charge in [-0.05, 0) is 56.4 Å². The van der Waals surface area contributed by atoms with E-state index in [4.69, 9.17) is 11.6 Å². The summed E-state index contributed by atoms with van der Waals surface area (Å²) < 4.78 is 0. The van der Waals surface area contributed by atoms with Crippen LogP contribution in [0.2, 0.25) is 5.02 Å². The van der Waals surface area contributed by atoms with Crippen molar-refractivity contribution in [3.8, 4) is 0 Å². The number of aromatic nitrogens is 2. The summed E-state index contributed by atoms with van der Waals surface area (Å²) in [6.07, 6.45) is 8.99. The van der Waals surface area contributed by atoms with Crippen LogP contribution >= 0.6 is 11.6 Å². The average Bonchev–Trinajstić information content (AvgIpc) is 2.75. The van der Waals surface area contributed by atoms with Crippen LogP contribution in [0.5, 0.6) is 0 Å². The molecule has 3 heterocycles. The summed E-state index contributed by atoms with van der Waals surface area (Å²) in [5.41, 5.74) is 1.81. The molecule has 1 unspecified atom stereocenters. The SMILES string of the molecule is O=C(Nc1ccc(N2CCCCC2)c(Cl)c1)C1CCCN(c2ncccn2)C1. The molecule has 4 rings (SSSR count). The fourth-order valence-corrected chi connectivity index (χ4v) is 4.35. The Labute approximate surface area is 170 Å². The minimum Gasteiger partial charge on any atom is -0.370 e. The highest BCUT2D eigenvalue weighted by molar-refractivity contribution is 6.33. The lowest BCUT2D eigenvalue weighted by Gasteiger charge is -2.32. The second-order valence-corrected chi connectivity index (χ2v) is 7.94. The van der Waals surface area contributed by atoms with E-state index >= 15 is 0 Å². The first-order chi connectivity index (χ1) is 13.7. The Kier molecular flexibility index (Phi) is 5.95. The van der Waals surface area contributed by atoms with E-state index in [0.29, 0.717) is 17.5 Å². The molecule has 28 heavy (non-hydrogen) atoms. The van der Waals surface area contributed by atoms with E-state index in [0.717, 1.165) is 43.9 Å². The van der Waals surface area contributed by atoms with Gasteiger partial charge in [-0.25, -0.2) is 9.97 Å². The number of hydrogen-bond acceptors (Lipinski definition) is 5. The van der Waals surface area contributed by atoms with Crippen LogP contribution in [0, 0.1) is 5.92 Å². The van der Waals surface area contributed by atoms with E-state index in [1.807, 2.05) is 18.2 Å². The van der Waals surface area contributed by atoms with Gasteiger partial charge < -0.3 is 15.1 Å². The Morgan fingerprint density at radius 1 is 1.04 bits per heavy atom. The van der Waals surface area contributed by atoms with Crippen molar-refractivity contribution in [3.05, 3.63) is 41.7 Å². The third-order valence-corrected chi connectivity index (χ3v) is 5.84. The second-order valence-electron chi connectivity index (χ2n) is 7.54. The first-order valence-electron chi connectivity index (χ1n) is 10.1. The Balaban J connectivity index is 1.39. The van der Waals surface area contributed by atoms with Gasteiger partial charge in [-0.3, -0.25) is 4.79 Å². The van der Waals surface area contributed by atoms with E-state index in [1.165, 1.54) is 19.3 Å². The number of rotatable bonds is 4. The number of halogens is 1. The number of nitrogens with zero attached hydrogens (tertiary/aromatic N) is 4. The maximum absolute atomic E-state index is 12.8. The standard InChI is InChI=1S/C21H26ClN5O/c22-18-14-17(7-8-19(18)26-11-2-1-3-12-26)25-20(28)16-6-4-13-27(15-16)21-23-9-5-10-24-21/h5,7-10,14,16H,1-4,6,11-13,15H2,(H,25,28). The minimum atomic E-state index is -0.0851. The van der Waals surface area contributed by atoms with Crippen LogP contribution < -0.4 is 15.1 Å². The van der Waals surface area contributed by atoms with Crippen molar-refractivity contribution < 1.29 is 4.79 Å². The van der Waals surface area contributed by atoms with Gasteiger partial charge in [-0.1, -0.05) is 11.6 Å². The highest BCUT2D eigenvalue weighted by Gasteiger charge is 2.27. The van der Waals surface area contributed by atoms with Crippen molar-refractivity contribution in [1.82, 2.24) is 9.97 Å². The number of hydrogen-bond donors (Lipinski definition) is 1. The Bertz CT molecular complexity index is 810. The van der Waals surface area contributed by atoms with E-state index in [9.17, 15) is 4.79 Å². The fourth-order valence-electron chi connectivity index (χ4n) is 4.05. The fraction of sp³-hybridized carbons (Fsp3) is 0.476. The minimum absolute atomic E-state index is 0.0300. The van der Waals surface area contributed by atoms with Crippen LogP contribution in [0.15, 0.2) is 36.7 Å². The number of amides is 1. The van der Waals surface area contributed by atoms with Crippen LogP contribution in [-0.2, 0) is 4.79 Å². The number of anilines is 3. The molecule has 6 nitrogen and oxygen atoms in total. The van der Waals surface area contributed by atoms with Crippen molar-refractivity contribution in [1.29, 1.82) is 0 Å². The first-order valence-corrected chi connectivity index (χ1v) is 10.5. The van der Waals surface area contributed by atoms with Crippen molar-refractivity contribution in [3.63, 3.8) is 0 Å². The highest BCUT2D eigenvalue weighted by Crippen LogP contribution is 2.31. The van der Waals surface area contributed by atoms with Gasteiger partial charge in [0.25, 0.3) is 0 Å². The number of piperidine rings is 2. The van der Waals surface area contributed by atoms with Gasteiger partial charge in [0.2, 0.25) is 11.9 Å². The molecule has 2 aliphatic rings. The number of carbonyl (C=O) groups is 1. The highest BCUT2D eigenvalue weighted by atomic mass is 35.5. The van der Waals surface area contributed by atoms with Crippen LogP contribution in [0.3, 0.4) is 0 Å². The zero-order valence-corrected chi connectivity index (χ0v) is 16.7. The van der Waals surface area contributed by atoms with E-state index < -0.39 is 0 Å². The molecule has 7 heteroatoms. The maximum Gasteiger partial charge on any atom is 0.229 e. The lowest BCUT2D eigenvalue weighted by molar-refractivity contribution is -0.120. The molecule has 1 aromatic heterocycles. The normalized spacial score (nSPS) is 20.1. The maximum atomic E-state index is 12.8. The predicted molar refractivity (Wildman–Crippen MR) is 113 cm³/mol. The number of benzene rings is 1. The molecule has 2 saturated heterocycles. The third-order valence-electron chi connectivity index (χ3n) is 5.54. The molecule has 1 N–H and O–H groups in total. The molecule has 1 amide bonds. The number of nitrogens with one attached hydrogen (secondary N) is 1. The summed E-state index contributed by atoms with van der Waals surface area (Å²) in [7, 11) is 0.